The van der Waals surface area contributed by atoms with Crippen LogP contribution in [-0.2, 0) is 6.42 Å². The van der Waals surface area contributed by atoms with Gasteiger partial charge in [0.05, 0.1) is 5.39 Å². The van der Waals surface area contributed by atoms with Crippen molar-refractivity contribution in [3.05, 3.63) is 16.8 Å². The first-order chi connectivity index (χ1) is 10.5. The van der Waals surface area contributed by atoms with Gasteiger partial charge in [0.25, 0.3) is 0 Å². The van der Waals surface area contributed by atoms with E-state index in [4.69, 9.17) is 0 Å². The van der Waals surface area contributed by atoms with E-state index in [0.717, 1.165) is 42.0 Å². The van der Waals surface area contributed by atoms with E-state index in [1.165, 1.54) is 23.8 Å². The SMILES string of the molecule is Cc1nc(NCCN(C)C2CC2)c2c(CC(C)C)csc2n1. The molecule has 2 aromatic rings. The Balaban J connectivity index is 1.78. The van der Waals surface area contributed by atoms with Crippen molar-refractivity contribution in [2.75, 3.05) is 25.5 Å². The standard InChI is InChI=1S/C17H26N4S/c1-11(2)9-13-10-22-17-15(13)16(19-12(3)20-17)18-7-8-21(4)14-5-6-14/h10-11,14H,5-9H2,1-4H3,(H,18,19,20). The molecule has 3 rings (SSSR count). The highest BCUT2D eigenvalue weighted by Crippen LogP contribution is 2.31. The highest BCUT2D eigenvalue weighted by atomic mass is 32.1. The number of nitrogens with one attached hydrogen (secondary N) is 1. The van der Waals surface area contributed by atoms with E-state index in [2.05, 4.69) is 46.5 Å². The number of anilines is 1. The largest absolute Gasteiger partial charge is 0.368 e. The Labute approximate surface area is 137 Å². The quantitative estimate of drug-likeness (QED) is 0.845. The van der Waals surface area contributed by atoms with E-state index in [-0.39, 0.29) is 0 Å². The van der Waals surface area contributed by atoms with E-state index in [0.29, 0.717) is 5.92 Å². The summed E-state index contributed by atoms with van der Waals surface area (Å²) in [7, 11) is 2.22. The molecule has 1 aliphatic rings. The molecule has 0 bridgehead atoms. The summed E-state index contributed by atoms with van der Waals surface area (Å²) in [5.74, 6) is 2.51. The second kappa shape index (κ2) is 6.50. The van der Waals surface area contributed by atoms with Crippen molar-refractivity contribution in [3.8, 4) is 0 Å². The summed E-state index contributed by atoms with van der Waals surface area (Å²) >= 11 is 1.74. The zero-order valence-electron chi connectivity index (χ0n) is 14.0. The van der Waals surface area contributed by atoms with E-state index < -0.39 is 0 Å². The van der Waals surface area contributed by atoms with Crippen LogP contribution in [-0.4, -0.2) is 41.0 Å². The van der Waals surface area contributed by atoms with Crippen molar-refractivity contribution in [1.29, 1.82) is 0 Å². The summed E-state index contributed by atoms with van der Waals surface area (Å²) < 4.78 is 0. The third-order valence-electron chi connectivity index (χ3n) is 4.18. The average molecular weight is 318 g/mol. The Morgan fingerprint density at radius 1 is 1.36 bits per heavy atom. The zero-order chi connectivity index (χ0) is 15.7. The number of nitrogens with zero attached hydrogens (tertiary/aromatic N) is 3. The molecular weight excluding hydrogens is 292 g/mol. The first-order valence-electron chi connectivity index (χ1n) is 8.23. The molecule has 1 aliphatic carbocycles. The Bertz CT molecular complexity index is 645. The third-order valence-corrected chi connectivity index (χ3v) is 5.10. The lowest BCUT2D eigenvalue weighted by atomic mass is 10.0. The van der Waals surface area contributed by atoms with Crippen LogP contribution in [0, 0.1) is 12.8 Å². The Kier molecular flexibility index (Phi) is 4.64. The van der Waals surface area contributed by atoms with E-state index in [1.54, 1.807) is 11.3 Å². The van der Waals surface area contributed by atoms with Gasteiger partial charge in [-0.1, -0.05) is 13.8 Å². The molecule has 22 heavy (non-hydrogen) atoms. The maximum atomic E-state index is 4.66. The molecule has 0 aromatic carbocycles. The number of hydrogen-bond donors (Lipinski definition) is 1. The van der Waals surface area contributed by atoms with Crippen molar-refractivity contribution in [1.82, 2.24) is 14.9 Å². The lowest BCUT2D eigenvalue weighted by Crippen LogP contribution is -2.27. The van der Waals surface area contributed by atoms with Crippen LogP contribution in [0.5, 0.6) is 0 Å². The third kappa shape index (κ3) is 3.58. The number of fused-ring (bicyclic) bond motifs is 1. The van der Waals surface area contributed by atoms with Gasteiger partial charge in [-0.05, 0) is 50.1 Å². The van der Waals surface area contributed by atoms with Crippen molar-refractivity contribution in [3.63, 3.8) is 0 Å². The fraction of sp³-hybridized carbons (Fsp3) is 0.647. The summed E-state index contributed by atoms with van der Waals surface area (Å²) in [5.41, 5.74) is 1.38. The maximum absolute atomic E-state index is 4.66. The monoisotopic (exact) mass is 318 g/mol. The van der Waals surface area contributed by atoms with E-state index >= 15 is 0 Å². The minimum Gasteiger partial charge on any atom is -0.368 e. The number of aryl methyl sites for hydroxylation is 1. The molecule has 1 saturated carbocycles. The molecule has 2 heterocycles. The zero-order valence-corrected chi connectivity index (χ0v) is 14.8. The van der Waals surface area contributed by atoms with Gasteiger partial charge in [-0.3, -0.25) is 0 Å². The molecule has 4 nitrogen and oxygen atoms in total. The van der Waals surface area contributed by atoms with Gasteiger partial charge in [0, 0.05) is 19.1 Å². The molecule has 0 atom stereocenters. The summed E-state index contributed by atoms with van der Waals surface area (Å²) in [6.07, 6.45) is 3.80. The fourth-order valence-corrected chi connectivity index (χ4v) is 3.87. The van der Waals surface area contributed by atoms with Gasteiger partial charge < -0.3 is 10.2 Å². The van der Waals surface area contributed by atoms with Crippen molar-refractivity contribution >= 4 is 27.4 Å². The molecule has 5 heteroatoms. The van der Waals surface area contributed by atoms with Crippen LogP contribution in [0.15, 0.2) is 5.38 Å². The molecule has 0 aliphatic heterocycles. The molecule has 2 aromatic heterocycles. The number of aromatic nitrogens is 2. The molecule has 0 unspecified atom stereocenters. The first-order valence-corrected chi connectivity index (χ1v) is 9.11. The molecule has 1 fully saturated rings. The van der Waals surface area contributed by atoms with Crippen LogP contribution < -0.4 is 5.32 Å². The van der Waals surface area contributed by atoms with Crippen molar-refractivity contribution < 1.29 is 0 Å². The van der Waals surface area contributed by atoms with Gasteiger partial charge in [0.2, 0.25) is 0 Å². The van der Waals surface area contributed by atoms with E-state index in [9.17, 15) is 0 Å². The molecule has 120 valence electrons. The minimum absolute atomic E-state index is 0.646. The van der Waals surface area contributed by atoms with Gasteiger partial charge in [0.15, 0.2) is 0 Å². The van der Waals surface area contributed by atoms with E-state index in [1.807, 2.05) is 6.92 Å². The van der Waals surface area contributed by atoms with Gasteiger partial charge in [-0.2, -0.15) is 0 Å². The topological polar surface area (TPSA) is 41.1 Å². The number of likely N-dealkylation sites (N-methyl/N-ethyl adjacent to an activating group) is 1. The Morgan fingerprint density at radius 2 is 2.14 bits per heavy atom. The highest BCUT2D eigenvalue weighted by Gasteiger charge is 2.25. The first kappa shape index (κ1) is 15.7. The summed E-state index contributed by atoms with van der Waals surface area (Å²) in [5, 5.41) is 7.04. The molecule has 0 radical (unpaired) electrons. The molecule has 1 N–H and O–H groups in total. The van der Waals surface area contributed by atoms with Crippen LogP contribution in [0.3, 0.4) is 0 Å². The molecular formula is C17H26N4S. The van der Waals surface area contributed by atoms with Crippen LogP contribution in [0.2, 0.25) is 0 Å². The second-order valence-electron chi connectivity index (χ2n) is 6.80. The number of thiophene rings is 1. The van der Waals surface area contributed by atoms with Gasteiger partial charge >= 0.3 is 0 Å². The van der Waals surface area contributed by atoms with Crippen LogP contribution in [0.25, 0.3) is 10.2 Å². The van der Waals surface area contributed by atoms with Crippen LogP contribution >= 0.6 is 11.3 Å². The average Bonchev–Trinajstić information content (AvgIpc) is 3.22. The molecule has 0 amide bonds. The minimum atomic E-state index is 0.646. The van der Waals surface area contributed by atoms with Gasteiger partial charge in [-0.25, -0.2) is 9.97 Å². The van der Waals surface area contributed by atoms with Gasteiger partial charge in [-0.15, -0.1) is 11.3 Å². The highest BCUT2D eigenvalue weighted by molar-refractivity contribution is 7.17. The Hall–Kier alpha value is -1.20. The molecule has 0 saturated heterocycles. The maximum Gasteiger partial charge on any atom is 0.138 e. The smallest absolute Gasteiger partial charge is 0.138 e. The van der Waals surface area contributed by atoms with Crippen molar-refractivity contribution in [2.24, 2.45) is 5.92 Å². The van der Waals surface area contributed by atoms with Crippen molar-refractivity contribution in [2.45, 2.75) is 46.1 Å². The van der Waals surface area contributed by atoms with Gasteiger partial charge in [0.1, 0.15) is 16.5 Å². The fourth-order valence-electron chi connectivity index (χ4n) is 2.87. The summed E-state index contributed by atoms with van der Waals surface area (Å²) in [6.45, 7) is 8.50. The Morgan fingerprint density at radius 3 is 2.82 bits per heavy atom. The predicted molar refractivity (Wildman–Crippen MR) is 94.8 cm³/mol. The second-order valence-corrected chi connectivity index (χ2v) is 7.66. The lowest BCUT2D eigenvalue weighted by Gasteiger charge is -2.16. The van der Waals surface area contributed by atoms with Crippen LogP contribution in [0.4, 0.5) is 5.82 Å². The number of hydrogen-bond acceptors (Lipinski definition) is 5. The van der Waals surface area contributed by atoms with Crippen LogP contribution in [0.1, 0.15) is 38.1 Å². The molecule has 0 spiro atoms. The summed E-state index contributed by atoms with van der Waals surface area (Å²) in [4.78, 5) is 12.8. The normalized spacial score (nSPS) is 15.2. The predicted octanol–water partition coefficient (Wildman–Crippen LogP) is 3.70. The summed E-state index contributed by atoms with van der Waals surface area (Å²) in [6, 6.07) is 0.812. The lowest BCUT2D eigenvalue weighted by molar-refractivity contribution is 0.337. The number of rotatable bonds is 7.